The molecule has 0 radical (unpaired) electrons. The van der Waals surface area contributed by atoms with Crippen LogP contribution in [0, 0.1) is 10.1 Å². The molecule has 0 saturated carbocycles. The lowest BCUT2D eigenvalue weighted by Crippen LogP contribution is -2.23. The standard InChI is InChI=1S/C30H18N2O5/c33-27(25-6-3-7-26-28(25)30(35)24-5-2-1-4-23(24)29(26)34)17-12-19-8-10-20(11-9-19)18-31-21-13-15-22(16-14-21)32(36)37/h1-18H/b17-12+,31-18?. The van der Waals surface area contributed by atoms with Gasteiger partial charge in [-0.25, -0.2) is 0 Å². The van der Waals surface area contributed by atoms with Crippen LogP contribution in [0.15, 0.2) is 102 Å². The van der Waals surface area contributed by atoms with Gasteiger partial charge in [-0.3, -0.25) is 29.5 Å². The number of hydrogen-bond donors (Lipinski definition) is 0. The Bertz CT molecular complexity index is 1630. The van der Waals surface area contributed by atoms with Crippen LogP contribution in [-0.4, -0.2) is 28.5 Å². The summed E-state index contributed by atoms with van der Waals surface area (Å²) in [5.74, 6) is -0.977. The van der Waals surface area contributed by atoms with E-state index in [1.807, 2.05) is 24.3 Å². The van der Waals surface area contributed by atoms with Gasteiger partial charge < -0.3 is 0 Å². The van der Waals surface area contributed by atoms with E-state index in [1.165, 1.54) is 18.2 Å². The SMILES string of the molecule is O=C(/C=C/c1ccc(C=Nc2ccc([N+](=O)[O-])cc2)cc1)c1cccc2c1C(=O)c1ccccc1C2=O. The number of aliphatic imine (C=N–C) groups is 1. The Morgan fingerprint density at radius 3 is 2.03 bits per heavy atom. The number of allylic oxidation sites excluding steroid dienone is 1. The van der Waals surface area contributed by atoms with Gasteiger partial charge in [-0.1, -0.05) is 72.8 Å². The average molecular weight is 486 g/mol. The summed E-state index contributed by atoms with van der Waals surface area (Å²) in [5.41, 5.74) is 3.36. The highest BCUT2D eigenvalue weighted by Crippen LogP contribution is 2.30. The first-order valence-corrected chi connectivity index (χ1v) is 11.3. The van der Waals surface area contributed by atoms with Crippen LogP contribution in [0.5, 0.6) is 0 Å². The van der Waals surface area contributed by atoms with Crippen LogP contribution in [0.4, 0.5) is 11.4 Å². The summed E-state index contributed by atoms with van der Waals surface area (Å²) in [7, 11) is 0. The van der Waals surface area contributed by atoms with E-state index in [-0.39, 0.29) is 39.7 Å². The number of benzene rings is 4. The van der Waals surface area contributed by atoms with E-state index in [4.69, 9.17) is 0 Å². The minimum absolute atomic E-state index is 0.00133. The number of carbonyl (C=O) groups is 3. The van der Waals surface area contributed by atoms with Crippen molar-refractivity contribution >= 4 is 41.0 Å². The molecule has 0 atom stereocenters. The predicted molar refractivity (Wildman–Crippen MR) is 140 cm³/mol. The number of rotatable bonds is 6. The third-order valence-electron chi connectivity index (χ3n) is 6.00. The van der Waals surface area contributed by atoms with Gasteiger partial charge in [-0.05, 0) is 29.3 Å². The highest BCUT2D eigenvalue weighted by atomic mass is 16.6. The first-order valence-electron chi connectivity index (χ1n) is 11.3. The van der Waals surface area contributed by atoms with E-state index in [9.17, 15) is 24.5 Å². The second-order valence-electron chi connectivity index (χ2n) is 8.33. The van der Waals surface area contributed by atoms with Crippen LogP contribution in [-0.2, 0) is 0 Å². The zero-order chi connectivity index (χ0) is 25.9. The number of hydrogen-bond acceptors (Lipinski definition) is 6. The smallest absolute Gasteiger partial charge is 0.269 e. The fourth-order valence-electron chi connectivity index (χ4n) is 4.11. The largest absolute Gasteiger partial charge is 0.289 e. The number of nitro benzene ring substituents is 1. The molecule has 0 aliphatic heterocycles. The van der Waals surface area contributed by atoms with E-state index < -0.39 is 4.92 Å². The van der Waals surface area contributed by atoms with E-state index in [0.29, 0.717) is 16.8 Å². The Morgan fingerprint density at radius 1 is 0.730 bits per heavy atom. The molecular formula is C30H18N2O5. The molecule has 37 heavy (non-hydrogen) atoms. The quantitative estimate of drug-likeness (QED) is 0.0959. The van der Waals surface area contributed by atoms with E-state index in [2.05, 4.69) is 4.99 Å². The maximum Gasteiger partial charge on any atom is 0.269 e. The predicted octanol–water partition coefficient (Wildman–Crippen LogP) is 6.02. The molecule has 178 valence electrons. The van der Waals surface area contributed by atoms with Crippen LogP contribution < -0.4 is 0 Å². The van der Waals surface area contributed by atoms with Crippen molar-refractivity contribution in [3.63, 3.8) is 0 Å². The second-order valence-corrected chi connectivity index (χ2v) is 8.33. The molecular weight excluding hydrogens is 468 g/mol. The first-order chi connectivity index (χ1) is 17.9. The van der Waals surface area contributed by atoms with Crippen molar-refractivity contribution in [2.45, 2.75) is 0 Å². The molecule has 0 unspecified atom stereocenters. The molecule has 7 heteroatoms. The molecule has 4 aromatic rings. The summed E-state index contributed by atoms with van der Waals surface area (Å²) < 4.78 is 0. The lowest BCUT2D eigenvalue weighted by atomic mass is 9.81. The van der Waals surface area contributed by atoms with Crippen molar-refractivity contribution in [2.24, 2.45) is 4.99 Å². The molecule has 0 aromatic heterocycles. The molecule has 5 rings (SSSR count). The van der Waals surface area contributed by atoms with Crippen LogP contribution in [0.3, 0.4) is 0 Å². The summed E-state index contributed by atoms with van der Waals surface area (Å²) in [6.07, 6.45) is 4.66. The Labute approximate surface area is 211 Å². The van der Waals surface area contributed by atoms with Gasteiger partial charge in [0, 0.05) is 46.2 Å². The van der Waals surface area contributed by atoms with E-state index >= 15 is 0 Å². The van der Waals surface area contributed by atoms with Crippen molar-refractivity contribution in [3.8, 4) is 0 Å². The summed E-state index contributed by atoms with van der Waals surface area (Å²) in [5, 5.41) is 10.7. The molecule has 0 bridgehead atoms. The van der Waals surface area contributed by atoms with Crippen LogP contribution in [0.25, 0.3) is 6.08 Å². The van der Waals surface area contributed by atoms with Crippen LogP contribution in [0.2, 0.25) is 0 Å². The summed E-state index contributed by atoms with van der Waals surface area (Å²) >= 11 is 0. The zero-order valence-corrected chi connectivity index (χ0v) is 19.3. The Morgan fingerprint density at radius 2 is 1.35 bits per heavy atom. The Kier molecular flexibility index (Phi) is 6.18. The molecule has 1 aliphatic rings. The molecule has 0 saturated heterocycles. The molecule has 0 fully saturated rings. The molecule has 0 amide bonds. The maximum atomic E-state index is 13.1. The van der Waals surface area contributed by atoms with Crippen LogP contribution in [0.1, 0.15) is 53.3 Å². The van der Waals surface area contributed by atoms with Crippen LogP contribution >= 0.6 is 0 Å². The lowest BCUT2D eigenvalue weighted by Gasteiger charge is -2.19. The minimum atomic E-state index is -0.465. The van der Waals surface area contributed by atoms with Gasteiger partial charge >= 0.3 is 0 Å². The van der Waals surface area contributed by atoms with Gasteiger partial charge in [0.2, 0.25) is 0 Å². The highest BCUT2D eigenvalue weighted by Gasteiger charge is 2.32. The van der Waals surface area contributed by atoms with Gasteiger partial charge in [0.15, 0.2) is 17.3 Å². The molecule has 0 N–H and O–H groups in total. The van der Waals surface area contributed by atoms with Crippen molar-refractivity contribution in [2.75, 3.05) is 0 Å². The van der Waals surface area contributed by atoms with Gasteiger partial charge in [0.25, 0.3) is 5.69 Å². The summed E-state index contributed by atoms with van der Waals surface area (Å²) in [4.78, 5) is 53.7. The number of nitro groups is 1. The van der Waals surface area contributed by atoms with Crippen molar-refractivity contribution in [3.05, 3.63) is 146 Å². The highest BCUT2D eigenvalue weighted by molar-refractivity contribution is 6.31. The first kappa shape index (κ1) is 23.4. The summed E-state index contributed by atoms with van der Waals surface area (Å²) in [6, 6.07) is 24.5. The van der Waals surface area contributed by atoms with E-state index in [1.54, 1.807) is 66.9 Å². The summed E-state index contributed by atoms with van der Waals surface area (Å²) in [6.45, 7) is 0. The molecule has 0 spiro atoms. The Hall–Kier alpha value is -5.30. The third kappa shape index (κ3) is 4.66. The van der Waals surface area contributed by atoms with Gasteiger partial charge in [-0.15, -0.1) is 0 Å². The molecule has 1 aliphatic carbocycles. The number of fused-ring (bicyclic) bond motifs is 2. The Balaban J connectivity index is 1.33. The fraction of sp³-hybridized carbons (Fsp3) is 0. The van der Waals surface area contributed by atoms with E-state index in [0.717, 1.165) is 11.1 Å². The number of ketones is 3. The van der Waals surface area contributed by atoms with Crippen molar-refractivity contribution in [1.82, 2.24) is 0 Å². The van der Waals surface area contributed by atoms with Gasteiger partial charge in [-0.2, -0.15) is 0 Å². The number of non-ortho nitro benzene ring substituents is 1. The normalized spacial score (nSPS) is 12.5. The monoisotopic (exact) mass is 486 g/mol. The maximum absolute atomic E-state index is 13.1. The number of carbonyl (C=O) groups excluding carboxylic acids is 3. The lowest BCUT2D eigenvalue weighted by molar-refractivity contribution is -0.384. The molecule has 4 aromatic carbocycles. The van der Waals surface area contributed by atoms with Gasteiger partial charge in [0.05, 0.1) is 10.6 Å². The average Bonchev–Trinajstić information content (AvgIpc) is 2.94. The zero-order valence-electron chi connectivity index (χ0n) is 19.3. The molecule has 7 nitrogen and oxygen atoms in total. The third-order valence-corrected chi connectivity index (χ3v) is 6.00. The topological polar surface area (TPSA) is 107 Å². The fourth-order valence-corrected chi connectivity index (χ4v) is 4.11. The van der Waals surface area contributed by atoms with Crippen molar-refractivity contribution in [1.29, 1.82) is 0 Å². The second kappa shape index (κ2) is 9.75. The number of nitrogens with zero attached hydrogens (tertiary/aromatic N) is 2. The van der Waals surface area contributed by atoms with Crippen molar-refractivity contribution < 1.29 is 19.3 Å². The minimum Gasteiger partial charge on any atom is -0.289 e. The van der Waals surface area contributed by atoms with Gasteiger partial charge in [0.1, 0.15) is 0 Å². The molecule has 0 heterocycles.